The summed E-state index contributed by atoms with van der Waals surface area (Å²) in [5, 5.41) is 2.89. The number of halogens is 1. The SMILES string of the molecule is O=C(NCCCCI)C1CCCO1. The molecule has 13 heavy (non-hydrogen) atoms. The van der Waals surface area contributed by atoms with Gasteiger partial charge in [-0.25, -0.2) is 0 Å². The van der Waals surface area contributed by atoms with Crippen molar-refractivity contribution >= 4 is 28.5 Å². The van der Waals surface area contributed by atoms with Crippen molar-refractivity contribution in [3.05, 3.63) is 0 Å². The molecule has 0 aromatic carbocycles. The lowest BCUT2D eigenvalue weighted by molar-refractivity contribution is -0.130. The summed E-state index contributed by atoms with van der Waals surface area (Å²) in [6.07, 6.45) is 3.98. The number of alkyl halides is 1. The number of ether oxygens (including phenoxy) is 1. The molecule has 1 heterocycles. The van der Waals surface area contributed by atoms with Gasteiger partial charge in [0.15, 0.2) is 0 Å². The number of nitrogens with one attached hydrogen (secondary N) is 1. The minimum Gasteiger partial charge on any atom is -0.368 e. The summed E-state index contributed by atoms with van der Waals surface area (Å²) in [6, 6.07) is 0. The van der Waals surface area contributed by atoms with Crippen molar-refractivity contribution in [3.8, 4) is 0 Å². The first kappa shape index (κ1) is 11.2. The fourth-order valence-corrected chi connectivity index (χ4v) is 1.87. The zero-order chi connectivity index (χ0) is 9.52. The molecule has 1 saturated heterocycles. The highest BCUT2D eigenvalue weighted by atomic mass is 127. The first-order chi connectivity index (χ1) is 6.34. The topological polar surface area (TPSA) is 38.3 Å². The Morgan fingerprint density at radius 2 is 2.38 bits per heavy atom. The van der Waals surface area contributed by atoms with Gasteiger partial charge in [0.2, 0.25) is 5.91 Å². The van der Waals surface area contributed by atoms with E-state index in [4.69, 9.17) is 4.74 Å². The Labute approximate surface area is 92.7 Å². The number of amides is 1. The Morgan fingerprint density at radius 3 is 3.00 bits per heavy atom. The van der Waals surface area contributed by atoms with E-state index in [-0.39, 0.29) is 12.0 Å². The summed E-state index contributed by atoms with van der Waals surface area (Å²) < 4.78 is 6.42. The van der Waals surface area contributed by atoms with Gasteiger partial charge in [0.25, 0.3) is 0 Å². The van der Waals surface area contributed by atoms with Crippen molar-refractivity contribution in [2.45, 2.75) is 31.8 Å². The third kappa shape index (κ3) is 4.26. The Hall–Kier alpha value is 0.160. The molecule has 0 aromatic rings. The van der Waals surface area contributed by atoms with Crippen LogP contribution in [0.3, 0.4) is 0 Å². The van der Waals surface area contributed by atoms with Crippen molar-refractivity contribution in [1.82, 2.24) is 5.32 Å². The van der Waals surface area contributed by atoms with Crippen LogP contribution in [-0.2, 0) is 9.53 Å². The second-order valence-corrected chi connectivity index (χ2v) is 4.27. The van der Waals surface area contributed by atoms with E-state index in [1.54, 1.807) is 0 Å². The van der Waals surface area contributed by atoms with E-state index in [9.17, 15) is 4.79 Å². The predicted molar refractivity (Wildman–Crippen MR) is 60.1 cm³/mol. The molecule has 0 aromatic heterocycles. The molecular weight excluding hydrogens is 281 g/mol. The van der Waals surface area contributed by atoms with Crippen molar-refractivity contribution in [2.24, 2.45) is 0 Å². The van der Waals surface area contributed by atoms with Crippen LogP contribution in [-0.4, -0.2) is 29.6 Å². The molecule has 1 rings (SSSR count). The van der Waals surface area contributed by atoms with Crippen LogP contribution in [0.25, 0.3) is 0 Å². The highest BCUT2D eigenvalue weighted by molar-refractivity contribution is 14.1. The van der Waals surface area contributed by atoms with Gasteiger partial charge >= 0.3 is 0 Å². The second-order valence-electron chi connectivity index (χ2n) is 3.19. The summed E-state index contributed by atoms with van der Waals surface area (Å²) in [6.45, 7) is 1.54. The standard InChI is InChI=1S/C9H16INO2/c10-5-1-2-6-11-9(12)8-4-3-7-13-8/h8H,1-7H2,(H,11,12). The zero-order valence-corrected chi connectivity index (χ0v) is 9.88. The maximum atomic E-state index is 11.4. The fraction of sp³-hybridized carbons (Fsp3) is 0.889. The van der Waals surface area contributed by atoms with Crippen LogP contribution in [0.4, 0.5) is 0 Å². The van der Waals surface area contributed by atoms with E-state index in [0.29, 0.717) is 0 Å². The summed E-state index contributed by atoms with van der Waals surface area (Å²) in [5.74, 6) is 0.0750. The van der Waals surface area contributed by atoms with Gasteiger partial charge < -0.3 is 10.1 Å². The molecule has 1 aliphatic heterocycles. The first-order valence-corrected chi connectivity index (χ1v) is 6.32. The number of unbranched alkanes of at least 4 members (excludes halogenated alkanes) is 1. The van der Waals surface area contributed by atoms with Crippen LogP contribution in [0.5, 0.6) is 0 Å². The molecule has 1 atom stereocenters. The van der Waals surface area contributed by atoms with E-state index in [2.05, 4.69) is 27.9 Å². The number of carbonyl (C=O) groups is 1. The van der Waals surface area contributed by atoms with Crippen LogP contribution >= 0.6 is 22.6 Å². The summed E-state index contributed by atoms with van der Waals surface area (Å²) in [7, 11) is 0. The van der Waals surface area contributed by atoms with E-state index >= 15 is 0 Å². The Bertz CT molecular complexity index is 158. The monoisotopic (exact) mass is 297 g/mol. The van der Waals surface area contributed by atoms with Crippen LogP contribution in [0, 0.1) is 0 Å². The van der Waals surface area contributed by atoms with Crippen molar-refractivity contribution < 1.29 is 9.53 Å². The molecule has 4 heteroatoms. The highest BCUT2D eigenvalue weighted by Crippen LogP contribution is 2.11. The average Bonchev–Trinajstić information content (AvgIpc) is 2.65. The lowest BCUT2D eigenvalue weighted by Gasteiger charge is -2.09. The maximum Gasteiger partial charge on any atom is 0.249 e. The fourth-order valence-electron chi connectivity index (χ4n) is 1.33. The molecule has 0 radical (unpaired) electrons. The molecule has 0 aliphatic carbocycles. The zero-order valence-electron chi connectivity index (χ0n) is 7.72. The van der Waals surface area contributed by atoms with Crippen LogP contribution in [0.2, 0.25) is 0 Å². The molecule has 1 aliphatic rings. The molecule has 1 amide bonds. The van der Waals surface area contributed by atoms with Crippen molar-refractivity contribution in [3.63, 3.8) is 0 Å². The Kier molecular flexibility index (Phi) is 5.70. The largest absolute Gasteiger partial charge is 0.368 e. The predicted octanol–water partition coefficient (Wildman–Crippen LogP) is 1.50. The molecule has 1 fully saturated rings. The third-order valence-corrected chi connectivity index (χ3v) is 2.84. The molecule has 0 saturated carbocycles. The maximum absolute atomic E-state index is 11.4. The first-order valence-electron chi connectivity index (χ1n) is 4.80. The quantitative estimate of drug-likeness (QED) is 0.474. The summed E-state index contributed by atoms with van der Waals surface area (Å²) in [4.78, 5) is 11.4. The van der Waals surface area contributed by atoms with E-state index in [1.807, 2.05) is 0 Å². The Balaban J connectivity index is 2.03. The third-order valence-electron chi connectivity index (χ3n) is 2.08. The van der Waals surface area contributed by atoms with Crippen molar-refractivity contribution in [1.29, 1.82) is 0 Å². The number of rotatable bonds is 5. The number of hydrogen-bond donors (Lipinski definition) is 1. The molecule has 1 unspecified atom stereocenters. The lowest BCUT2D eigenvalue weighted by atomic mass is 10.2. The van der Waals surface area contributed by atoms with Gasteiger partial charge in [-0.05, 0) is 30.1 Å². The molecule has 0 spiro atoms. The summed E-state index contributed by atoms with van der Waals surface area (Å²) in [5.41, 5.74) is 0. The van der Waals surface area contributed by atoms with Gasteiger partial charge in [0.05, 0.1) is 0 Å². The van der Waals surface area contributed by atoms with E-state index in [1.165, 1.54) is 6.42 Å². The average molecular weight is 297 g/mol. The molecule has 76 valence electrons. The van der Waals surface area contributed by atoms with E-state index < -0.39 is 0 Å². The van der Waals surface area contributed by atoms with Gasteiger partial charge in [-0.3, -0.25) is 4.79 Å². The van der Waals surface area contributed by atoms with Crippen LogP contribution in [0.15, 0.2) is 0 Å². The lowest BCUT2D eigenvalue weighted by Crippen LogP contribution is -2.34. The van der Waals surface area contributed by atoms with E-state index in [0.717, 1.165) is 36.8 Å². The van der Waals surface area contributed by atoms with Gasteiger partial charge in [-0.2, -0.15) is 0 Å². The minimum absolute atomic E-state index is 0.0750. The van der Waals surface area contributed by atoms with Gasteiger partial charge in [0.1, 0.15) is 6.10 Å². The van der Waals surface area contributed by atoms with Gasteiger partial charge in [-0.1, -0.05) is 22.6 Å². The smallest absolute Gasteiger partial charge is 0.249 e. The molecule has 3 nitrogen and oxygen atoms in total. The molecule has 1 N–H and O–H groups in total. The number of carbonyl (C=O) groups excluding carboxylic acids is 1. The van der Waals surface area contributed by atoms with Gasteiger partial charge in [-0.15, -0.1) is 0 Å². The van der Waals surface area contributed by atoms with Crippen LogP contribution in [0.1, 0.15) is 25.7 Å². The highest BCUT2D eigenvalue weighted by Gasteiger charge is 2.22. The second kappa shape index (κ2) is 6.59. The van der Waals surface area contributed by atoms with Crippen molar-refractivity contribution in [2.75, 3.05) is 17.6 Å². The molecule has 0 bridgehead atoms. The minimum atomic E-state index is -0.167. The van der Waals surface area contributed by atoms with Gasteiger partial charge in [0, 0.05) is 13.2 Å². The number of hydrogen-bond acceptors (Lipinski definition) is 2. The van der Waals surface area contributed by atoms with Crippen LogP contribution < -0.4 is 5.32 Å². The summed E-state index contributed by atoms with van der Waals surface area (Å²) >= 11 is 2.35. The normalized spacial score (nSPS) is 21.8. The Morgan fingerprint density at radius 1 is 1.54 bits per heavy atom. The molecular formula is C9H16INO2.